The van der Waals surface area contributed by atoms with Crippen molar-refractivity contribution in [2.75, 3.05) is 6.54 Å². The maximum atomic E-state index is 12.2. The van der Waals surface area contributed by atoms with Crippen LogP contribution in [0.25, 0.3) is 0 Å². The monoisotopic (exact) mass is 253 g/mol. The number of carbonyl (C=O) groups is 1. The summed E-state index contributed by atoms with van der Waals surface area (Å²) in [4.78, 5) is 14.0. The Balaban J connectivity index is 2.86. The second-order valence-electron chi connectivity index (χ2n) is 6.16. The topological polar surface area (TPSA) is 29.5 Å². The lowest BCUT2D eigenvalue weighted by Gasteiger charge is -2.34. The Morgan fingerprint density at radius 3 is 2.56 bits per heavy atom. The second-order valence-corrected chi connectivity index (χ2v) is 6.16. The standard InChI is InChI=1S/C15H27NO2/c1-7-11(2)13-9-8-10-16(12(13)3)14(17)18-15(4,5)6/h11H,7-10H2,1-6H3. The van der Waals surface area contributed by atoms with Crippen LogP contribution in [0.3, 0.4) is 0 Å². The Kier molecular flexibility index (Phi) is 4.83. The zero-order chi connectivity index (χ0) is 13.9. The molecule has 0 aliphatic carbocycles. The third-order valence-electron chi connectivity index (χ3n) is 3.52. The van der Waals surface area contributed by atoms with Gasteiger partial charge in [-0.2, -0.15) is 0 Å². The van der Waals surface area contributed by atoms with Crippen LogP contribution in [-0.2, 0) is 4.74 Å². The van der Waals surface area contributed by atoms with Crippen molar-refractivity contribution in [1.82, 2.24) is 4.90 Å². The summed E-state index contributed by atoms with van der Waals surface area (Å²) in [6.07, 6.45) is 3.06. The van der Waals surface area contributed by atoms with Crippen molar-refractivity contribution in [3.05, 3.63) is 11.3 Å². The molecule has 0 aromatic rings. The summed E-state index contributed by atoms with van der Waals surface area (Å²) in [6, 6.07) is 0. The molecule has 1 heterocycles. The minimum atomic E-state index is -0.425. The highest BCUT2D eigenvalue weighted by molar-refractivity contribution is 5.70. The smallest absolute Gasteiger partial charge is 0.414 e. The van der Waals surface area contributed by atoms with E-state index in [0.717, 1.165) is 31.5 Å². The summed E-state index contributed by atoms with van der Waals surface area (Å²) in [7, 11) is 0. The Labute approximate surface area is 111 Å². The van der Waals surface area contributed by atoms with Gasteiger partial charge in [0.05, 0.1) is 0 Å². The van der Waals surface area contributed by atoms with E-state index in [9.17, 15) is 4.79 Å². The van der Waals surface area contributed by atoms with Gasteiger partial charge in [-0.25, -0.2) is 4.79 Å². The lowest BCUT2D eigenvalue weighted by atomic mass is 9.90. The van der Waals surface area contributed by atoms with E-state index in [-0.39, 0.29) is 6.09 Å². The molecule has 0 saturated carbocycles. The summed E-state index contributed by atoms with van der Waals surface area (Å²) in [5, 5.41) is 0. The summed E-state index contributed by atoms with van der Waals surface area (Å²) in [6.45, 7) is 13.0. The molecule has 0 aromatic heterocycles. The number of ether oxygens (including phenoxy) is 1. The Bertz CT molecular complexity index is 339. The number of amides is 1. The number of rotatable bonds is 2. The van der Waals surface area contributed by atoms with Gasteiger partial charge in [0, 0.05) is 12.2 Å². The van der Waals surface area contributed by atoms with Crippen molar-refractivity contribution in [3.63, 3.8) is 0 Å². The van der Waals surface area contributed by atoms with Crippen LogP contribution in [0.4, 0.5) is 4.79 Å². The SMILES string of the molecule is CCC(C)C1=C(C)N(C(=O)OC(C)(C)C)CCC1. The molecule has 1 aliphatic heterocycles. The molecule has 0 N–H and O–H groups in total. The van der Waals surface area contributed by atoms with E-state index in [2.05, 4.69) is 13.8 Å². The molecule has 3 heteroatoms. The third-order valence-corrected chi connectivity index (χ3v) is 3.52. The van der Waals surface area contributed by atoms with Gasteiger partial charge in [0.15, 0.2) is 0 Å². The molecule has 1 amide bonds. The van der Waals surface area contributed by atoms with Crippen LogP contribution in [0.2, 0.25) is 0 Å². The molecular weight excluding hydrogens is 226 g/mol. The van der Waals surface area contributed by atoms with Gasteiger partial charge in [0.1, 0.15) is 5.60 Å². The van der Waals surface area contributed by atoms with Crippen LogP contribution in [-0.4, -0.2) is 23.1 Å². The van der Waals surface area contributed by atoms with Gasteiger partial charge in [-0.3, -0.25) is 4.90 Å². The van der Waals surface area contributed by atoms with Gasteiger partial charge in [-0.05, 0) is 58.4 Å². The minimum Gasteiger partial charge on any atom is -0.443 e. The molecular formula is C15H27NO2. The van der Waals surface area contributed by atoms with Crippen molar-refractivity contribution < 1.29 is 9.53 Å². The summed E-state index contributed by atoms with van der Waals surface area (Å²) >= 11 is 0. The van der Waals surface area contributed by atoms with Crippen LogP contribution in [0.1, 0.15) is 60.8 Å². The van der Waals surface area contributed by atoms with Crippen molar-refractivity contribution >= 4 is 6.09 Å². The van der Waals surface area contributed by atoms with E-state index < -0.39 is 5.60 Å². The molecule has 0 saturated heterocycles. The number of hydrogen-bond acceptors (Lipinski definition) is 2. The Morgan fingerprint density at radius 1 is 1.44 bits per heavy atom. The number of allylic oxidation sites excluding steroid dienone is 2. The molecule has 0 aromatic carbocycles. The molecule has 1 rings (SSSR count). The van der Waals surface area contributed by atoms with Gasteiger partial charge in [-0.1, -0.05) is 13.8 Å². The second kappa shape index (κ2) is 5.77. The van der Waals surface area contributed by atoms with Crippen LogP contribution in [0, 0.1) is 5.92 Å². The lowest BCUT2D eigenvalue weighted by Crippen LogP contribution is -2.38. The Hall–Kier alpha value is -0.990. The van der Waals surface area contributed by atoms with Crippen LogP contribution >= 0.6 is 0 Å². The fraction of sp³-hybridized carbons (Fsp3) is 0.800. The predicted octanol–water partition coefficient (Wildman–Crippen LogP) is 4.34. The zero-order valence-electron chi connectivity index (χ0n) is 12.7. The maximum absolute atomic E-state index is 12.2. The first-order valence-electron chi connectivity index (χ1n) is 6.96. The Morgan fingerprint density at radius 2 is 2.06 bits per heavy atom. The summed E-state index contributed by atoms with van der Waals surface area (Å²) in [5.41, 5.74) is 2.09. The molecule has 18 heavy (non-hydrogen) atoms. The number of nitrogens with zero attached hydrogens (tertiary/aromatic N) is 1. The first kappa shape index (κ1) is 15.1. The van der Waals surface area contributed by atoms with Gasteiger partial charge >= 0.3 is 6.09 Å². The van der Waals surface area contributed by atoms with Gasteiger partial charge in [0.25, 0.3) is 0 Å². The molecule has 1 unspecified atom stereocenters. The van der Waals surface area contributed by atoms with Crippen LogP contribution in [0.5, 0.6) is 0 Å². The van der Waals surface area contributed by atoms with Gasteiger partial charge in [-0.15, -0.1) is 0 Å². The third kappa shape index (κ3) is 3.76. The van der Waals surface area contributed by atoms with E-state index in [4.69, 9.17) is 4.74 Å². The van der Waals surface area contributed by atoms with E-state index in [1.54, 1.807) is 4.90 Å². The van der Waals surface area contributed by atoms with E-state index in [0.29, 0.717) is 5.92 Å². The molecule has 104 valence electrons. The summed E-state index contributed by atoms with van der Waals surface area (Å²) in [5.74, 6) is 0.551. The van der Waals surface area contributed by atoms with E-state index in [1.165, 1.54) is 5.57 Å². The van der Waals surface area contributed by atoms with Crippen LogP contribution in [0.15, 0.2) is 11.3 Å². The molecule has 1 atom stereocenters. The molecule has 0 radical (unpaired) electrons. The van der Waals surface area contributed by atoms with Crippen molar-refractivity contribution in [3.8, 4) is 0 Å². The van der Waals surface area contributed by atoms with E-state index in [1.807, 2.05) is 27.7 Å². The zero-order valence-corrected chi connectivity index (χ0v) is 12.7. The molecule has 1 aliphatic rings. The van der Waals surface area contributed by atoms with Gasteiger partial charge < -0.3 is 4.74 Å². The first-order chi connectivity index (χ1) is 8.26. The number of carbonyl (C=O) groups excluding carboxylic acids is 1. The first-order valence-corrected chi connectivity index (χ1v) is 6.96. The highest BCUT2D eigenvalue weighted by Crippen LogP contribution is 2.30. The molecule has 0 fully saturated rings. The highest BCUT2D eigenvalue weighted by atomic mass is 16.6. The lowest BCUT2D eigenvalue weighted by molar-refractivity contribution is 0.0298. The van der Waals surface area contributed by atoms with Crippen LogP contribution < -0.4 is 0 Å². The largest absolute Gasteiger partial charge is 0.443 e. The number of hydrogen-bond donors (Lipinski definition) is 0. The molecule has 0 spiro atoms. The highest BCUT2D eigenvalue weighted by Gasteiger charge is 2.28. The maximum Gasteiger partial charge on any atom is 0.414 e. The predicted molar refractivity (Wildman–Crippen MR) is 74.3 cm³/mol. The molecule has 3 nitrogen and oxygen atoms in total. The average Bonchev–Trinajstić information content (AvgIpc) is 2.26. The van der Waals surface area contributed by atoms with E-state index >= 15 is 0 Å². The quantitative estimate of drug-likeness (QED) is 0.732. The van der Waals surface area contributed by atoms with Gasteiger partial charge in [0.2, 0.25) is 0 Å². The minimum absolute atomic E-state index is 0.208. The molecule has 0 bridgehead atoms. The average molecular weight is 253 g/mol. The fourth-order valence-corrected chi connectivity index (χ4v) is 2.34. The fourth-order valence-electron chi connectivity index (χ4n) is 2.34. The van der Waals surface area contributed by atoms with Crippen molar-refractivity contribution in [1.29, 1.82) is 0 Å². The normalized spacial score (nSPS) is 18.9. The van der Waals surface area contributed by atoms with Crippen molar-refractivity contribution in [2.45, 2.75) is 66.4 Å². The van der Waals surface area contributed by atoms with Crippen molar-refractivity contribution in [2.24, 2.45) is 5.92 Å². The summed E-state index contributed by atoms with van der Waals surface area (Å²) < 4.78 is 5.46.